The highest BCUT2D eigenvalue weighted by molar-refractivity contribution is 5.75. The third-order valence-corrected chi connectivity index (χ3v) is 0.811. The molecule has 1 heterocycles. The summed E-state index contributed by atoms with van der Waals surface area (Å²) < 4.78 is 0. The van der Waals surface area contributed by atoms with Crippen LogP contribution in [0.1, 0.15) is 0 Å². The van der Waals surface area contributed by atoms with Crippen LogP contribution in [0.15, 0.2) is 17.4 Å². The van der Waals surface area contributed by atoms with Gasteiger partial charge in [0.2, 0.25) is 0 Å². The van der Waals surface area contributed by atoms with Gasteiger partial charge in [-0.15, -0.1) is 0 Å². The fourth-order valence-corrected chi connectivity index (χ4v) is 0.424. The van der Waals surface area contributed by atoms with Gasteiger partial charge in [-0.2, -0.15) is 0 Å². The zero-order valence-corrected chi connectivity index (χ0v) is 4.61. The van der Waals surface area contributed by atoms with E-state index in [-0.39, 0.29) is 0 Å². The molecule has 0 unspecified atom stereocenters. The van der Waals surface area contributed by atoms with Crippen molar-refractivity contribution in [3.05, 3.63) is 12.4 Å². The summed E-state index contributed by atoms with van der Waals surface area (Å²) in [5.74, 6) is 0. The molecule has 0 aromatic carbocycles. The molecule has 5 heteroatoms. The van der Waals surface area contributed by atoms with Crippen LogP contribution in [-0.4, -0.2) is 17.4 Å². The fraction of sp³-hybridized carbons (Fsp3) is 0. The van der Waals surface area contributed by atoms with Crippen molar-refractivity contribution in [3.8, 4) is 0 Å². The van der Waals surface area contributed by atoms with E-state index in [9.17, 15) is 4.79 Å². The summed E-state index contributed by atoms with van der Waals surface area (Å²) in [4.78, 5) is 14.0. The highest BCUT2D eigenvalue weighted by Crippen LogP contribution is 1.87. The number of carbonyl (C=O) groups excluding carboxylic acids is 1. The highest BCUT2D eigenvalue weighted by Gasteiger charge is 2.03. The third-order valence-electron chi connectivity index (χ3n) is 0.811. The largest absolute Gasteiger partial charge is 0.350 e. The number of amides is 2. The lowest BCUT2D eigenvalue weighted by atomic mass is 10.8. The number of nitrogens with zero attached hydrogens (tertiary/aromatic N) is 2. The quantitative estimate of drug-likeness (QED) is 0.454. The Kier molecular flexibility index (Phi) is 1.35. The molecule has 0 bridgehead atoms. The topological polar surface area (TPSA) is 70.7 Å². The van der Waals surface area contributed by atoms with E-state index in [2.05, 4.69) is 10.4 Å². The van der Waals surface area contributed by atoms with Crippen molar-refractivity contribution in [2.75, 3.05) is 0 Å². The van der Waals surface area contributed by atoms with Crippen LogP contribution in [-0.2, 0) is 0 Å². The second-order valence-electron chi connectivity index (χ2n) is 1.41. The predicted octanol–water partition coefficient (Wildman–Crippen LogP) is -0.615. The molecule has 1 rings (SSSR count). The van der Waals surface area contributed by atoms with Crippen LogP contribution >= 0.6 is 0 Å². The molecule has 0 radical (unpaired) electrons. The molecule has 3 N–H and O–H groups in total. The van der Waals surface area contributed by atoms with Crippen molar-refractivity contribution in [3.63, 3.8) is 0 Å². The van der Waals surface area contributed by atoms with E-state index in [1.54, 1.807) is 0 Å². The minimum absolute atomic E-state index is 0.558. The Bertz CT molecular complexity index is 173. The molecule has 0 fully saturated rings. The molecule has 0 spiro atoms. The third kappa shape index (κ3) is 1.18. The minimum atomic E-state index is -0.558. The van der Waals surface area contributed by atoms with Crippen LogP contribution in [0.2, 0.25) is 0 Å². The Balaban J connectivity index is 2.56. The van der Waals surface area contributed by atoms with Gasteiger partial charge < -0.3 is 5.73 Å². The molecular formula is C4H6N4O. The first-order valence-corrected chi connectivity index (χ1v) is 2.34. The van der Waals surface area contributed by atoms with E-state index in [0.717, 1.165) is 5.01 Å². The minimum Gasteiger partial charge on any atom is -0.350 e. The smallest absolute Gasteiger partial charge is 0.337 e. The number of primary amides is 1. The Morgan fingerprint density at radius 2 is 2.56 bits per heavy atom. The van der Waals surface area contributed by atoms with Gasteiger partial charge >= 0.3 is 6.03 Å². The number of nitrogens with one attached hydrogen (secondary N) is 1. The number of hydrazine groups is 1. The zero-order chi connectivity index (χ0) is 6.69. The van der Waals surface area contributed by atoms with Crippen LogP contribution in [0.5, 0.6) is 0 Å². The molecule has 0 atom stereocenters. The van der Waals surface area contributed by atoms with Crippen LogP contribution in [0.4, 0.5) is 4.79 Å². The predicted molar refractivity (Wildman–Crippen MR) is 32.2 cm³/mol. The van der Waals surface area contributed by atoms with E-state index in [4.69, 9.17) is 5.73 Å². The Morgan fingerprint density at radius 3 is 2.89 bits per heavy atom. The molecule has 9 heavy (non-hydrogen) atoms. The van der Waals surface area contributed by atoms with Crippen LogP contribution in [0.25, 0.3) is 0 Å². The second kappa shape index (κ2) is 2.17. The summed E-state index contributed by atoms with van der Waals surface area (Å²) in [5, 5.41) is 1.12. The van der Waals surface area contributed by atoms with Crippen molar-refractivity contribution < 1.29 is 4.79 Å². The number of urea groups is 1. The molecule has 48 valence electrons. The van der Waals surface area contributed by atoms with Gasteiger partial charge in [0.1, 0.15) is 6.34 Å². The molecule has 0 saturated heterocycles. The lowest BCUT2D eigenvalue weighted by molar-refractivity contribution is 0.218. The molecule has 5 nitrogen and oxygen atoms in total. The Morgan fingerprint density at radius 1 is 1.78 bits per heavy atom. The monoisotopic (exact) mass is 126 g/mol. The summed E-state index contributed by atoms with van der Waals surface area (Å²) in [6, 6.07) is -0.558. The van der Waals surface area contributed by atoms with Crippen molar-refractivity contribution in [1.82, 2.24) is 10.4 Å². The highest BCUT2D eigenvalue weighted by atomic mass is 16.2. The second-order valence-corrected chi connectivity index (χ2v) is 1.41. The van der Waals surface area contributed by atoms with Crippen LogP contribution < -0.4 is 11.2 Å². The number of nitrogens with two attached hydrogens (primary N) is 1. The van der Waals surface area contributed by atoms with Gasteiger partial charge in [0.25, 0.3) is 0 Å². The van der Waals surface area contributed by atoms with Crippen molar-refractivity contribution >= 4 is 12.4 Å². The van der Waals surface area contributed by atoms with Gasteiger partial charge in [0, 0.05) is 6.20 Å². The molecule has 2 amide bonds. The maximum absolute atomic E-state index is 10.3. The van der Waals surface area contributed by atoms with Gasteiger partial charge in [-0.1, -0.05) is 0 Å². The molecule has 1 aliphatic rings. The molecular weight excluding hydrogens is 120 g/mol. The van der Waals surface area contributed by atoms with Gasteiger partial charge in [0.05, 0.1) is 6.20 Å². The summed E-state index contributed by atoms with van der Waals surface area (Å²) in [6.07, 6.45) is 4.26. The van der Waals surface area contributed by atoms with E-state index in [1.165, 1.54) is 18.7 Å². The van der Waals surface area contributed by atoms with Crippen LogP contribution in [0, 0.1) is 0 Å². The van der Waals surface area contributed by atoms with Gasteiger partial charge in [-0.3, -0.25) is 5.43 Å². The molecule has 0 aromatic rings. The molecule has 0 saturated carbocycles. The Labute approximate surface area is 51.8 Å². The first kappa shape index (κ1) is 5.61. The summed E-state index contributed by atoms with van der Waals surface area (Å²) in [5.41, 5.74) is 7.38. The number of carbonyl (C=O) groups is 1. The molecule has 1 aliphatic heterocycles. The first-order valence-electron chi connectivity index (χ1n) is 2.34. The van der Waals surface area contributed by atoms with Crippen molar-refractivity contribution in [2.45, 2.75) is 0 Å². The van der Waals surface area contributed by atoms with Crippen molar-refractivity contribution in [1.29, 1.82) is 0 Å². The number of aliphatic imine (C=N–C) groups is 1. The zero-order valence-electron chi connectivity index (χ0n) is 4.61. The normalized spacial score (nSPS) is 15.3. The first-order chi connectivity index (χ1) is 4.30. The maximum Gasteiger partial charge on any atom is 0.337 e. The molecule has 0 aliphatic carbocycles. The average molecular weight is 126 g/mol. The van der Waals surface area contributed by atoms with E-state index < -0.39 is 6.03 Å². The van der Waals surface area contributed by atoms with Gasteiger partial charge in [0.15, 0.2) is 0 Å². The van der Waals surface area contributed by atoms with E-state index in [1.807, 2.05) is 0 Å². The summed E-state index contributed by atoms with van der Waals surface area (Å²) in [6.45, 7) is 0. The standard InChI is InChI=1S/C4H6N4O/c5-4(9)8-2-1-6-3-7-8/h1-3H,(H2,5,9)(H,6,7). The lowest BCUT2D eigenvalue weighted by Gasteiger charge is -2.15. The van der Waals surface area contributed by atoms with E-state index in [0.29, 0.717) is 0 Å². The van der Waals surface area contributed by atoms with Crippen molar-refractivity contribution in [2.24, 2.45) is 10.7 Å². The van der Waals surface area contributed by atoms with E-state index >= 15 is 0 Å². The SMILES string of the molecule is NC(=O)N1C=CN=CN1. The van der Waals surface area contributed by atoms with Gasteiger partial charge in [-0.25, -0.2) is 14.8 Å². The fourth-order valence-electron chi connectivity index (χ4n) is 0.424. The summed E-state index contributed by atoms with van der Waals surface area (Å²) in [7, 11) is 0. The summed E-state index contributed by atoms with van der Waals surface area (Å²) >= 11 is 0. The number of rotatable bonds is 0. The molecule has 0 aromatic heterocycles. The lowest BCUT2D eigenvalue weighted by Crippen LogP contribution is -2.42. The van der Waals surface area contributed by atoms with Gasteiger partial charge in [-0.05, 0) is 0 Å². The average Bonchev–Trinajstić information content (AvgIpc) is 1.90. The van der Waals surface area contributed by atoms with Crippen LogP contribution in [0.3, 0.4) is 0 Å². The Hall–Kier alpha value is -1.52. The number of hydrogen-bond donors (Lipinski definition) is 2. The maximum atomic E-state index is 10.3. The number of hydrogen-bond acceptors (Lipinski definition) is 3.